The van der Waals surface area contributed by atoms with Crippen molar-refractivity contribution in [1.29, 1.82) is 0 Å². The average molecular weight is 413 g/mol. The molecule has 0 saturated heterocycles. The second-order valence-electron chi connectivity index (χ2n) is 6.57. The zero-order valence-corrected chi connectivity index (χ0v) is 16.7. The van der Waals surface area contributed by atoms with E-state index in [2.05, 4.69) is 5.32 Å². The first kappa shape index (κ1) is 20.6. The van der Waals surface area contributed by atoms with Crippen LogP contribution in [0.25, 0.3) is 0 Å². The standard InChI is InChI=1S/C22H21ClN2O4/c1-2-3-12-29-22(28)16-10-7-11-17(13-16)24-19-18(23)20(26)25(21(19)27)14-15-8-5-4-6-9-15/h4-11,13,24H,2-3,12,14H2,1H3. The second-order valence-corrected chi connectivity index (χ2v) is 6.94. The first-order chi connectivity index (χ1) is 14.0. The van der Waals surface area contributed by atoms with Crippen molar-refractivity contribution in [2.24, 2.45) is 0 Å². The summed E-state index contributed by atoms with van der Waals surface area (Å²) < 4.78 is 5.20. The van der Waals surface area contributed by atoms with Crippen LogP contribution in [0.3, 0.4) is 0 Å². The summed E-state index contributed by atoms with van der Waals surface area (Å²) in [4.78, 5) is 38.4. The van der Waals surface area contributed by atoms with Crippen LogP contribution < -0.4 is 5.32 Å². The maximum absolute atomic E-state index is 12.7. The minimum Gasteiger partial charge on any atom is -0.462 e. The van der Waals surface area contributed by atoms with E-state index in [1.165, 1.54) is 0 Å². The number of nitrogens with one attached hydrogen (secondary N) is 1. The van der Waals surface area contributed by atoms with E-state index in [-0.39, 0.29) is 17.3 Å². The fourth-order valence-electron chi connectivity index (χ4n) is 2.83. The molecule has 2 amide bonds. The Morgan fingerprint density at radius 1 is 1.07 bits per heavy atom. The molecule has 2 aromatic rings. The lowest BCUT2D eigenvalue weighted by atomic mass is 10.2. The van der Waals surface area contributed by atoms with Gasteiger partial charge in [0.2, 0.25) is 0 Å². The molecule has 2 aromatic carbocycles. The van der Waals surface area contributed by atoms with Gasteiger partial charge in [0.25, 0.3) is 11.8 Å². The largest absolute Gasteiger partial charge is 0.462 e. The third-order valence-corrected chi connectivity index (χ3v) is 4.74. The van der Waals surface area contributed by atoms with Crippen molar-refractivity contribution >= 4 is 35.1 Å². The number of carbonyl (C=O) groups excluding carboxylic acids is 3. The summed E-state index contributed by atoms with van der Waals surface area (Å²) in [6, 6.07) is 15.7. The average Bonchev–Trinajstić information content (AvgIpc) is 2.93. The summed E-state index contributed by atoms with van der Waals surface area (Å²) in [6.07, 6.45) is 1.72. The zero-order chi connectivity index (χ0) is 20.8. The van der Waals surface area contributed by atoms with Gasteiger partial charge in [-0.15, -0.1) is 0 Å². The highest BCUT2D eigenvalue weighted by Crippen LogP contribution is 2.27. The first-order valence-corrected chi connectivity index (χ1v) is 9.73. The molecule has 0 atom stereocenters. The molecular formula is C22H21ClN2O4. The molecule has 0 saturated carbocycles. The molecule has 0 bridgehead atoms. The van der Waals surface area contributed by atoms with Gasteiger partial charge in [-0.2, -0.15) is 0 Å². The van der Waals surface area contributed by atoms with Gasteiger partial charge in [-0.05, 0) is 30.2 Å². The number of halogens is 1. The number of hydrogen-bond donors (Lipinski definition) is 1. The third kappa shape index (κ3) is 4.84. The molecule has 1 N–H and O–H groups in total. The van der Waals surface area contributed by atoms with E-state index >= 15 is 0 Å². The number of benzene rings is 2. The summed E-state index contributed by atoms with van der Waals surface area (Å²) in [5.41, 5.74) is 1.62. The van der Waals surface area contributed by atoms with Gasteiger partial charge in [-0.25, -0.2) is 4.79 Å². The lowest BCUT2D eigenvalue weighted by molar-refractivity contribution is -0.138. The molecule has 7 heteroatoms. The van der Waals surface area contributed by atoms with Gasteiger partial charge in [0.15, 0.2) is 0 Å². The monoisotopic (exact) mass is 412 g/mol. The molecule has 6 nitrogen and oxygen atoms in total. The molecule has 0 aliphatic carbocycles. The van der Waals surface area contributed by atoms with Crippen LogP contribution >= 0.6 is 11.6 Å². The summed E-state index contributed by atoms with van der Waals surface area (Å²) in [6.45, 7) is 2.49. The molecule has 150 valence electrons. The van der Waals surface area contributed by atoms with Gasteiger partial charge in [0.05, 0.1) is 18.7 Å². The van der Waals surface area contributed by atoms with E-state index in [4.69, 9.17) is 16.3 Å². The van der Waals surface area contributed by atoms with E-state index in [0.29, 0.717) is 17.9 Å². The van der Waals surface area contributed by atoms with Crippen molar-refractivity contribution in [3.8, 4) is 0 Å². The number of esters is 1. The minimum absolute atomic E-state index is 0.0101. The Labute approximate surface area is 174 Å². The SMILES string of the molecule is CCCCOC(=O)c1cccc(NC2=C(Cl)C(=O)N(Cc3ccccc3)C2=O)c1. The zero-order valence-electron chi connectivity index (χ0n) is 16.0. The van der Waals surface area contributed by atoms with Gasteiger partial charge in [0, 0.05) is 5.69 Å². The van der Waals surface area contributed by atoms with E-state index in [1.807, 2.05) is 37.3 Å². The number of ether oxygens (including phenoxy) is 1. The normalized spacial score (nSPS) is 13.8. The molecule has 0 fully saturated rings. The molecule has 0 spiro atoms. The predicted octanol–water partition coefficient (Wildman–Crippen LogP) is 4.07. The van der Waals surface area contributed by atoms with Crippen molar-refractivity contribution < 1.29 is 19.1 Å². The van der Waals surface area contributed by atoms with E-state index in [0.717, 1.165) is 23.3 Å². The molecule has 1 aliphatic rings. The molecule has 0 aromatic heterocycles. The fourth-order valence-corrected chi connectivity index (χ4v) is 3.06. The van der Waals surface area contributed by atoms with Gasteiger partial charge in [-0.3, -0.25) is 14.5 Å². The number of rotatable bonds is 8. The second kappa shape index (κ2) is 9.39. The van der Waals surface area contributed by atoms with Gasteiger partial charge >= 0.3 is 5.97 Å². The van der Waals surface area contributed by atoms with Gasteiger partial charge in [-0.1, -0.05) is 61.3 Å². The lowest BCUT2D eigenvalue weighted by Crippen LogP contribution is -2.31. The van der Waals surface area contributed by atoms with Crippen molar-refractivity contribution in [1.82, 2.24) is 4.90 Å². The molecule has 1 heterocycles. The Balaban J connectivity index is 1.72. The number of amides is 2. The van der Waals surface area contributed by atoms with Crippen molar-refractivity contribution in [2.75, 3.05) is 11.9 Å². The Kier molecular flexibility index (Phi) is 6.67. The summed E-state index contributed by atoms with van der Waals surface area (Å²) in [7, 11) is 0. The highest BCUT2D eigenvalue weighted by Gasteiger charge is 2.37. The molecule has 29 heavy (non-hydrogen) atoms. The van der Waals surface area contributed by atoms with E-state index < -0.39 is 17.8 Å². The van der Waals surface area contributed by atoms with Crippen LogP contribution in [0.2, 0.25) is 0 Å². The quantitative estimate of drug-likeness (QED) is 0.401. The van der Waals surface area contributed by atoms with Gasteiger partial charge in [0.1, 0.15) is 10.7 Å². The van der Waals surface area contributed by atoms with E-state index in [1.54, 1.807) is 24.3 Å². The topological polar surface area (TPSA) is 75.7 Å². The van der Waals surface area contributed by atoms with Crippen LogP contribution in [0, 0.1) is 0 Å². The third-order valence-electron chi connectivity index (χ3n) is 4.39. The number of unbranched alkanes of at least 4 members (excludes halogenated alkanes) is 1. The lowest BCUT2D eigenvalue weighted by Gasteiger charge is -2.15. The maximum Gasteiger partial charge on any atom is 0.338 e. The van der Waals surface area contributed by atoms with Crippen LogP contribution in [0.15, 0.2) is 65.3 Å². The number of anilines is 1. The maximum atomic E-state index is 12.7. The Bertz CT molecular complexity index is 956. The highest BCUT2D eigenvalue weighted by atomic mass is 35.5. The summed E-state index contributed by atoms with van der Waals surface area (Å²) in [5, 5.41) is 2.70. The number of carbonyl (C=O) groups is 3. The molecule has 0 radical (unpaired) electrons. The highest BCUT2D eigenvalue weighted by molar-refractivity contribution is 6.48. The molecular weight excluding hydrogens is 392 g/mol. The van der Waals surface area contributed by atoms with Gasteiger partial charge < -0.3 is 10.1 Å². The van der Waals surface area contributed by atoms with Crippen molar-refractivity contribution in [2.45, 2.75) is 26.3 Å². The first-order valence-electron chi connectivity index (χ1n) is 9.35. The van der Waals surface area contributed by atoms with Crippen LogP contribution in [-0.2, 0) is 20.9 Å². The van der Waals surface area contributed by atoms with E-state index in [9.17, 15) is 14.4 Å². The summed E-state index contributed by atoms with van der Waals surface area (Å²) in [5.74, 6) is -1.51. The minimum atomic E-state index is -0.557. The van der Waals surface area contributed by atoms with Crippen LogP contribution in [-0.4, -0.2) is 29.3 Å². The summed E-state index contributed by atoms with van der Waals surface area (Å²) >= 11 is 6.13. The number of imide groups is 1. The predicted molar refractivity (Wildman–Crippen MR) is 110 cm³/mol. The van der Waals surface area contributed by atoms with Crippen LogP contribution in [0.5, 0.6) is 0 Å². The Morgan fingerprint density at radius 3 is 2.55 bits per heavy atom. The van der Waals surface area contributed by atoms with Crippen molar-refractivity contribution in [3.63, 3.8) is 0 Å². The molecule has 3 rings (SSSR count). The fraction of sp³-hybridized carbons (Fsp3) is 0.227. The Morgan fingerprint density at radius 2 is 1.83 bits per heavy atom. The Hall–Kier alpha value is -3.12. The molecule has 0 unspecified atom stereocenters. The molecule has 1 aliphatic heterocycles. The number of nitrogens with zero attached hydrogens (tertiary/aromatic N) is 1. The van der Waals surface area contributed by atoms with Crippen molar-refractivity contribution in [3.05, 3.63) is 76.5 Å². The van der Waals surface area contributed by atoms with Crippen LogP contribution in [0.1, 0.15) is 35.7 Å². The van der Waals surface area contributed by atoms with Crippen LogP contribution in [0.4, 0.5) is 5.69 Å². The number of hydrogen-bond acceptors (Lipinski definition) is 5. The smallest absolute Gasteiger partial charge is 0.338 e.